The van der Waals surface area contributed by atoms with Crippen LogP contribution in [-0.2, 0) is 22.4 Å². The van der Waals surface area contributed by atoms with E-state index in [0.717, 1.165) is 50.8 Å². The number of rotatable bonds is 4. The van der Waals surface area contributed by atoms with Crippen molar-refractivity contribution in [2.75, 3.05) is 39.4 Å². The zero-order valence-electron chi connectivity index (χ0n) is 16.7. The number of nitrogens with zero attached hydrogens (tertiary/aromatic N) is 3. The highest BCUT2D eigenvalue weighted by Gasteiger charge is 2.26. The van der Waals surface area contributed by atoms with Crippen molar-refractivity contribution in [2.24, 2.45) is 5.92 Å². The van der Waals surface area contributed by atoms with Crippen molar-refractivity contribution in [3.63, 3.8) is 0 Å². The molecule has 2 saturated heterocycles. The van der Waals surface area contributed by atoms with Gasteiger partial charge in [-0.3, -0.25) is 14.6 Å². The number of likely N-dealkylation sites (tertiary alicyclic amines) is 1. The van der Waals surface area contributed by atoms with Crippen LogP contribution in [0, 0.1) is 5.92 Å². The maximum absolute atomic E-state index is 13.0. The fourth-order valence-corrected chi connectivity index (χ4v) is 4.67. The summed E-state index contributed by atoms with van der Waals surface area (Å²) in [5, 5.41) is 0. The second-order valence-electron chi connectivity index (χ2n) is 8.33. The van der Waals surface area contributed by atoms with Gasteiger partial charge in [0.05, 0.1) is 18.8 Å². The molecule has 3 heterocycles. The predicted molar refractivity (Wildman–Crippen MR) is 106 cm³/mol. The topological polar surface area (TPSA) is 62.7 Å². The van der Waals surface area contributed by atoms with Crippen molar-refractivity contribution < 1.29 is 14.3 Å². The third-order valence-electron chi connectivity index (χ3n) is 6.35. The molecule has 3 aliphatic rings. The minimum Gasteiger partial charge on any atom is -0.378 e. The third kappa shape index (κ3) is 4.54. The Bertz CT molecular complexity index is 715. The van der Waals surface area contributed by atoms with Gasteiger partial charge in [-0.25, -0.2) is 0 Å². The zero-order valence-corrected chi connectivity index (χ0v) is 16.7. The van der Waals surface area contributed by atoms with Gasteiger partial charge in [0.2, 0.25) is 5.91 Å². The zero-order chi connectivity index (χ0) is 19.3. The van der Waals surface area contributed by atoms with Crippen LogP contribution in [0.15, 0.2) is 12.3 Å². The molecule has 2 aliphatic heterocycles. The fraction of sp³-hybridized carbons (Fsp3) is 0.682. The standard InChI is InChI=1S/C22H31N3O3/c26-21(24-10-12-28-13-11-24)8-7-17-4-3-9-25(16-17)22(27)19-14-18-5-1-2-6-20(18)23-15-19/h14-15,17H,1-13,16H2/t17-/m0/s1. The van der Waals surface area contributed by atoms with Crippen LogP contribution in [0.3, 0.4) is 0 Å². The van der Waals surface area contributed by atoms with Gasteiger partial charge in [0.15, 0.2) is 0 Å². The second-order valence-corrected chi connectivity index (χ2v) is 8.33. The average molecular weight is 386 g/mol. The lowest BCUT2D eigenvalue weighted by Crippen LogP contribution is -2.42. The number of ether oxygens (including phenoxy) is 1. The number of carbonyl (C=O) groups excluding carboxylic acids is 2. The first kappa shape index (κ1) is 19.4. The summed E-state index contributed by atoms with van der Waals surface area (Å²) in [7, 11) is 0. The summed E-state index contributed by atoms with van der Waals surface area (Å²) in [5.74, 6) is 0.740. The van der Waals surface area contributed by atoms with Crippen molar-refractivity contribution in [3.05, 3.63) is 29.1 Å². The van der Waals surface area contributed by atoms with Gasteiger partial charge >= 0.3 is 0 Å². The van der Waals surface area contributed by atoms with Crippen LogP contribution in [0.25, 0.3) is 0 Å². The Morgan fingerprint density at radius 3 is 2.75 bits per heavy atom. The highest BCUT2D eigenvalue weighted by Crippen LogP contribution is 2.25. The minimum absolute atomic E-state index is 0.102. The first-order valence-corrected chi connectivity index (χ1v) is 10.8. The first-order valence-electron chi connectivity index (χ1n) is 10.8. The highest BCUT2D eigenvalue weighted by molar-refractivity contribution is 5.94. The molecule has 1 aromatic heterocycles. The molecule has 1 aromatic rings. The van der Waals surface area contributed by atoms with Gasteiger partial charge in [0, 0.05) is 44.5 Å². The molecule has 1 atom stereocenters. The Balaban J connectivity index is 1.31. The smallest absolute Gasteiger partial charge is 0.255 e. The second kappa shape index (κ2) is 9.03. The van der Waals surface area contributed by atoms with Gasteiger partial charge in [-0.15, -0.1) is 0 Å². The van der Waals surface area contributed by atoms with Crippen molar-refractivity contribution in [1.82, 2.24) is 14.8 Å². The molecule has 4 rings (SSSR count). The SMILES string of the molecule is O=C(CC[C@@H]1CCCN(C(=O)c2cnc3c(c2)CCCC3)C1)N1CCOCC1. The number of hydrogen-bond donors (Lipinski definition) is 0. The van der Waals surface area contributed by atoms with Crippen molar-refractivity contribution in [3.8, 4) is 0 Å². The first-order chi connectivity index (χ1) is 13.7. The summed E-state index contributed by atoms with van der Waals surface area (Å²) < 4.78 is 5.32. The summed E-state index contributed by atoms with van der Waals surface area (Å²) in [4.78, 5) is 33.8. The van der Waals surface area contributed by atoms with Gasteiger partial charge in [-0.05, 0) is 62.5 Å². The maximum atomic E-state index is 13.0. The average Bonchev–Trinajstić information content (AvgIpc) is 2.77. The Kier molecular flexibility index (Phi) is 6.25. The maximum Gasteiger partial charge on any atom is 0.255 e. The Morgan fingerprint density at radius 1 is 1.07 bits per heavy atom. The number of carbonyl (C=O) groups is 2. The Hall–Kier alpha value is -1.95. The van der Waals surface area contributed by atoms with Crippen molar-refractivity contribution in [1.29, 1.82) is 0 Å². The Morgan fingerprint density at radius 2 is 1.89 bits per heavy atom. The fourth-order valence-electron chi connectivity index (χ4n) is 4.67. The summed E-state index contributed by atoms with van der Waals surface area (Å²) >= 11 is 0. The molecule has 152 valence electrons. The Labute approximate surface area is 167 Å². The lowest BCUT2D eigenvalue weighted by molar-refractivity contribution is -0.135. The summed E-state index contributed by atoms with van der Waals surface area (Å²) in [6, 6.07) is 2.06. The largest absolute Gasteiger partial charge is 0.378 e. The van der Waals surface area contributed by atoms with Crippen LogP contribution >= 0.6 is 0 Å². The molecule has 1 aliphatic carbocycles. The third-order valence-corrected chi connectivity index (χ3v) is 6.35. The van der Waals surface area contributed by atoms with E-state index in [4.69, 9.17) is 4.74 Å². The minimum atomic E-state index is 0.102. The number of pyridine rings is 1. The molecule has 2 fully saturated rings. The molecule has 6 heteroatoms. The molecule has 0 unspecified atom stereocenters. The van der Waals surface area contributed by atoms with Crippen LogP contribution in [0.5, 0.6) is 0 Å². The van der Waals surface area contributed by atoms with Gasteiger partial charge in [0.1, 0.15) is 0 Å². The van der Waals surface area contributed by atoms with E-state index in [2.05, 4.69) is 11.1 Å². The van der Waals surface area contributed by atoms with Crippen LogP contribution in [0.4, 0.5) is 0 Å². The van der Waals surface area contributed by atoms with E-state index in [0.29, 0.717) is 38.6 Å². The van der Waals surface area contributed by atoms with Gasteiger partial charge < -0.3 is 14.5 Å². The van der Waals surface area contributed by atoms with E-state index in [1.54, 1.807) is 6.20 Å². The van der Waals surface area contributed by atoms with E-state index in [1.165, 1.54) is 24.1 Å². The molecular weight excluding hydrogens is 354 g/mol. The highest BCUT2D eigenvalue weighted by atomic mass is 16.5. The summed E-state index contributed by atoms with van der Waals surface area (Å²) in [6.07, 6.45) is 9.78. The summed E-state index contributed by atoms with van der Waals surface area (Å²) in [6.45, 7) is 4.27. The molecule has 0 bridgehead atoms. The number of fused-ring (bicyclic) bond motifs is 1. The van der Waals surface area contributed by atoms with Gasteiger partial charge in [-0.1, -0.05) is 0 Å². The summed E-state index contributed by atoms with van der Waals surface area (Å²) in [5.41, 5.74) is 3.15. The number of aromatic nitrogens is 1. The molecule has 2 amide bonds. The number of amides is 2. The van der Waals surface area contributed by atoms with Crippen molar-refractivity contribution >= 4 is 11.8 Å². The lowest BCUT2D eigenvalue weighted by Gasteiger charge is -2.33. The van der Waals surface area contributed by atoms with E-state index < -0.39 is 0 Å². The van der Waals surface area contributed by atoms with Crippen LogP contribution in [0.1, 0.15) is 60.1 Å². The molecular formula is C22H31N3O3. The van der Waals surface area contributed by atoms with Crippen LogP contribution < -0.4 is 0 Å². The van der Waals surface area contributed by atoms with E-state index >= 15 is 0 Å². The molecule has 28 heavy (non-hydrogen) atoms. The number of piperidine rings is 1. The molecule has 0 saturated carbocycles. The molecule has 0 aromatic carbocycles. The van der Waals surface area contributed by atoms with Crippen molar-refractivity contribution in [2.45, 2.75) is 51.4 Å². The normalized spacial score (nSPS) is 22.6. The van der Waals surface area contributed by atoms with E-state index in [9.17, 15) is 9.59 Å². The number of hydrogen-bond acceptors (Lipinski definition) is 4. The van der Waals surface area contributed by atoms with Crippen LogP contribution in [-0.4, -0.2) is 66.0 Å². The predicted octanol–water partition coefficient (Wildman–Crippen LogP) is 2.45. The van der Waals surface area contributed by atoms with Gasteiger partial charge in [-0.2, -0.15) is 0 Å². The number of morpholine rings is 1. The number of aryl methyl sites for hydroxylation is 2. The van der Waals surface area contributed by atoms with Crippen LogP contribution in [0.2, 0.25) is 0 Å². The monoisotopic (exact) mass is 385 g/mol. The van der Waals surface area contributed by atoms with E-state index in [-0.39, 0.29) is 11.8 Å². The molecule has 0 spiro atoms. The van der Waals surface area contributed by atoms with E-state index in [1.807, 2.05) is 9.80 Å². The van der Waals surface area contributed by atoms with Gasteiger partial charge in [0.25, 0.3) is 5.91 Å². The quantitative estimate of drug-likeness (QED) is 0.799. The molecule has 6 nitrogen and oxygen atoms in total. The molecule has 0 N–H and O–H groups in total. The lowest BCUT2D eigenvalue weighted by atomic mass is 9.92. The molecule has 0 radical (unpaired) electrons.